The van der Waals surface area contributed by atoms with Crippen LogP contribution in [0.5, 0.6) is 0 Å². The summed E-state index contributed by atoms with van der Waals surface area (Å²) in [6.45, 7) is 8.30. The van der Waals surface area contributed by atoms with Gasteiger partial charge < -0.3 is 4.74 Å². The third-order valence-corrected chi connectivity index (χ3v) is 8.71. The van der Waals surface area contributed by atoms with Gasteiger partial charge >= 0.3 is 0 Å². The molecule has 1 aromatic heterocycles. The lowest BCUT2D eigenvalue weighted by Gasteiger charge is -2.33. The molecule has 2 fully saturated rings. The minimum Gasteiger partial charge on any atom is -0.375 e. The fourth-order valence-electron chi connectivity index (χ4n) is 4.15. The first kappa shape index (κ1) is 23.0. The van der Waals surface area contributed by atoms with Gasteiger partial charge in [0, 0.05) is 44.7 Å². The van der Waals surface area contributed by atoms with Gasteiger partial charge in [0.15, 0.2) is 0 Å². The number of hydrogen-bond acceptors (Lipinski definition) is 6. The van der Waals surface area contributed by atoms with Gasteiger partial charge in [0.25, 0.3) is 0 Å². The normalized spacial score (nSPS) is 22.4. The Bertz CT molecular complexity index is 734. The van der Waals surface area contributed by atoms with Gasteiger partial charge in [-0.1, -0.05) is 33.1 Å². The summed E-state index contributed by atoms with van der Waals surface area (Å²) < 4.78 is 33.3. The van der Waals surface area contributed by atoms with Crippen molar-refractivity contribution < 1.29 is 13.2 Å². The van der Waals surface area contributed by atoms with Crippen LogP contribution in [0.4, 0.5) is 0 Å². The van der Waals surface area contributed by atoms with Crippen LogP contribution in [0.25, 0.3) is 0 Å². The zero-order valence-corrected chi connectivity index (χ0v) is 19.6. The van der Waals surface area contributed by atoms with Crippen LogP contribution in [0, 0.1) is 5.92 Å². The molecule has 1 saturated carbocycles. The van der Waals surface area contributed by atoms with Crippen LogP contribution in [-0.2, 0) is 14.8 Å². The minimum atomic E-state index is -3.48. The fraction of sp³-hybridized carbons (Fsp3) is 0.762. The fourth-order valence-corrected chi connectivity index (χ4v) is 6.37. The van der Waals surface area contributed by atoms with E-state index in [2.05, 4.69) is 23.7 Å². The molecule has 0 amide bonds. The Balaban J connectivity index is 1.54. The van der Waals surface area contributed by atoms with Crippen LogP contribution >= 0.6 is 11.8 Å². The molecule has 1 atom stereocenters. The van der Waals surface area contributed by atoms with Gasteiger partial charge in [-0.05, 0) is 30.9 Å². The molecule has 0 spiro atoms. The van der Waals surface area contributed by atoms with Crippen LogP contribution in [0.15, 0.2) is 28.3 Å². The van der Waals surface area contributed by atoms with Gasteiger partial charge in [-0.15, -0.1) is 11.8 Å². The van der Waals surface area contributed by atoms with E-state index in [0.717, 1.165) is 62.7 Å². The highest BCUT2D eigenvalue weighted by Gasteiger charge is 2.29. The second-order valence-corrected chi connectivity index (χ2v) is 11.6. The molecule has 3 rings (SSSR count). The number of ether oxygens (including phenoxy) is 1. The monoisotopic (exact) mass is 441 g/mol. The maximum Gasteiger partial charge on any atom is 0.244 e. The smallest absolute Gasteiger partial charge is 0.244 e. The Hall–Kier alpha value is -0.670. The van der Waals surface area contributed by atoms with Crippen molar-refractivity contribution >= 4 is 21.8 Å². The summed E-state index contributed by atoms with van der Waals surface area (Å²) in [6.07, 6.45) is 7.02. The van der Waals surface area contributed by atoms with E-state index in [0.29, 0.717) is 5.92 Å². The number of pyridine rings is 1. The minimum absolute atomic E-state index is 0.111. The predicted octanol–water partition coefficient (Wildman–Crippen LogP) is 3.48. The van der Waals surface area contributed by atoms with Crippen LogP contribution in [-0.4, -0.2) is 73.8 Å². The summed E-state index contributed by atoms with van der Waals surface area (Å²) in [5.74, 6) is 1.49. The zero-order chi connectivity index (χ0) is 20.9. The summed E-state index contributed by atoms with van der Waals surface area (Å²) in [5.41, 5.74) is 0. The van der Waals surface area contributed by atoms with E-state index in [4.69, 9.17) is 4.74 Å². The molecule has 2 aliphatic rings. The number of nitrogens with zero attached hydrogens (tertiary/aromatic N) is 3. The van der Waals surface area contributed by atoms with Crippen LogP contribution in [0.3, 0.4) is 0 Å². The number of hydrogen-bond donors (Lipinski definition) is 0. The molecule has 1 aliphatic carbocycles. The van der Waals surface area contributed by atoms with Crippen LogP contribution < -0.4 is 0 Å². The molecule has 0 unspecified atom stereocenters. The average Bonchev–Trinajstić information content (AvgIpc) is 2.72. The summed E-state index contributed by atoms with van der Waals surface area (Å²) >= 11 is 1.63. The molecule has 6 nitrogen and oxygen atoms in total. The number of sulfonamides is 1. The van der Waals surface area contributed by atoms with E-state index in [-0.39, 0.29) is 17.0 Å². The molecule has 1 aliphatic heterocycles. The summed E-state index contributed by atoms with van der Waals surface area (Å²) in [6, 6.07) is 3.62. The molecule has 1 saturated heterocycles. The number of aromatic nitrogens is 1. The zero-order valence-electron chi connectivity index (χ0n) is 17.9. The van der Waals surface area contributed by atoms with Gasteiger partial charge in [-0.3, -0.25) is 4.90 Å². The number of morpholine rings is 1. The molecule has 0 bridgehead atoms. The lowest BCUT2D eigenvalue weighted by molar-refractivity contribution is -0.0191. The van der Waals surface area contributed by atoms with Gasteiger partial charge in [0.05, 0.1) is 17.7 Å². The Kier molecular flexibility index (Phi) is 8.39. The second kappa shape index (κ2) is 10.6. The third kappa shape index (κ3) is 6.40. The van der Waals surface area contributed by atoms with Gasteiger partial charge in [0.1, 0.15) is 4.90 Å². The topological polar surface area (TPSA) is 62.7 Å². The van der Waals surface area contributed by atoms with Crippen molar-refractivity contribution in [3.63, 3.8) is 0 Å². The van der Waals surface area contributed by atoms with Crippen LogP contribution in [0.2, 0.25) is 0 Å². The highest BCUT2D eigenvalue weighted by atomic mass is 32.2. The molecule has 0 N–H and O–H groups in total. The summed E-state index contributed by atoms with van der Waals surface area (Å²) in [7, 11) is -1.77. The van der Waals surface area contributed by atoms with E-state index in [1.165, 1.54) is 12.6 Å². The van der Waals surface area contributed by atoms with Gasteiger partial charge in [-0.2, -0.15) is 4.31 Å². The first-order valence-electron chi connectivity index (χ1n) is 10.8. The molecule has 164 valence electrons. The summed E-state index contributed by atoms with van der Waals surface area (Å²) in [5, 5.41) is 0.842. The molecular formula is C21H35N3O3S2. The first-order chi connectivity index (χ1) is 13.9. The van der Waals surface area contributed by atoms with E-state index < -0.39 is 10.0 Å². The van der Waals surface area contributed by atoms with Crippen molar-refractivity contribution in [2.75, 3.05) is 39.0 Å². The Morgan fingerprint density at radius 2 is 2.03 bits per heavy atom. The molecule has 0 aromatic carbocycles. The Morgan fingerprint density at radius 3 is 2.69 bits per heavy atom. The quantitative estimate of drug-likeness (QED) is 0.576. The summed E-state index contributed by atoms with van der Waals surface area (Å²) in [4.78, 5) is 7.16. The van der Waals surface area contributed by atoms with Crippen LogP contribution in [0.1, 0.15) is 46.0 Å². The van der Waals surface area contributed by atoms with Gasteiger partial charge in [0.2, 0.25) is 10.0 Å². The molecular weight excluding hydrogens is 406 g/mol. The lowest BCUT2D eigenvalue weighted by Crippen LogP contribution is -2.44. The molecule has 29 heavy (non-hydrogen) atoms. The SMILES string of the molecule is CC(C)CN1CCO[C@@H](CSc2ccc(S(=O)(=O)N(C)C3CCCCC3)cn2)C1. The highest BCUT2D eigenvalue weighted by molar-refractivity contribution is 7.99. The van der Waals surface area contributed by atoms with Crippen molar-refractivity contribution in [3.05, 3.63) is 18.3 Å². The molecule has 1 aromatic rings. The largest absolute Gasteiger partial charge is 0.375 e. The van der Waals surface area contributed by atoms with E-state index >= 15 is 0 Å². The lowest BCUT2D eigenvalue weighted by atomic mass is 9.96. The molecule has 8 heteroatoms. The maximum absolute atomic E-state index is 12.9. The average molecular weight is 442 g/mol. The third-order valence-electron chi connectivity index (χ3n) is 5.74. The van der Waals surface area contributed by atoms with Crippen molar-refractivity contribution in [2.45, 2.75) is 68.0 Å². The highest BCUT2D eigenvalue weighted by Crippen LogP contribution is 2.27. The van der Waals surface area contributed by atoms with Crippen molar-refractivity contribution in [3.8, 4) is 0 Å². The first-order valence-corrected chi connectivity index (χ1v) is 13.2. The Labute approximate surface area is 180 Å². The van der Waals surface area contributed by atoms with Crippen molar-refractivity contribution in [2.24, 2.45) is 5.92 Å². The van der Waals surface area contributed by atoms with E-state index in [1.807, 2.05) is 6.07 Å². The van der Waals surface area contributed by atoms with Crippen molar-refractivity contribution in [1.29, 1.82) is 0 Å². The molecule has 2 heterocycles. The second-order valence-electron chi connectivity index (χ2n) is 8.60. The number of rotatable bonds is 8. The van der Waals surface area contributed by atoms with E-state index in [9.17, 15) is 8.42 Å². The standard InChI is InChI=1S/C21H35N3O3S2/c1-17(2)14-24-11-12-27-19(15-24)16-28-21-10-9-20(13-22-21)29(25,26)23(3)18-7-5-4-6-8-18/h9-10,13,17-19H,4-8,11-12,14-16H2,1-3H3/t19-/m1/s1. The van der Waals surface area contributed by atoms with E-state index in [1.54, 1.807) is 29.2 Å². The maximum atomic E-state index is 12.9. The Morgan fingerprint density at radius 1 is 1.28 bits per heavy atom. The van der Waals surface area contributed by atoms with Crippen molar-refractivity contribution in [1.82, 2.24) is 14.2 Å². The predicted molar refractivity (Wildman–Crippen MR) is 118 cm³/mol. The van der Waals surface area contributed by atoms with Gasteiger partial charge in [-0.25, -0.2) is 13.4 Å². The molecule has 0 radical (unpaired) electrons. The number of thioether (sulfide) groups is 1.